The van der Waals surface area contributed by atoms with Crippen molar-refractivity contribution >= 4 is 18.6 Å². The maximum Gasteiger partial charge on any atom is 0.323 e. The molecule has 0 aromatic rings. The minimum Gasteiger partial charge on any atom is -0.480 e. The number of carboxylic acids is 1. The van der Waals surface area contributed by atoms with Crippen molar-refractivity contribution in [2.75, 3.05) is 6.61 Å². The van der Waals surface area contributed by atoms with Gasteiger partial charge in [-0.1, -0.05) is 0 Å². The highest BCUT2D eigenvalue weighted by Crippen LogP contribution is 1.90. The van der Waals surface area contributed by atoms with Gasteiger partial charge in [0, 0.05) is 5.37 Å². The molecule has 0 bridgehead atoms. The maximum atomic E-state index is 10.2. The van der Waals surface area contributed by atoms with Crippen LogP contribution in [0.2, 0.25) is 0 Å². The summed E-state index contributed by atoms with van der Waals surface area (Å²) in [6, 6.07) is -0.910. The van der Waals surface area contributed by atoms with Crippen LogP contribution in [0.5, 0.6) is 0 Å². The average Bonchev–Trinajstić information content (AvgIpc) is 1.81. The highest BCUT2D eigenvalue weighted by molar-refractivity contribution is 7.80. The smallest absolute Gasteiger partial charge is 0.323 e. The Labute approximate surface area is 64.7 Å². The molecule has 0 rings (SSSR count). The molecule has 3 N–H and O–H groups in total. The molecule has 0 aliphatic rings. The Kier molecular flexibility index (Phi) is 4.42. The Morgan fingerprint density at radius 1 is 1.80 bits per heavy atom. The SMILES string of the molecule is CC(S)N[C@H](CO)C(=O)O. The van der Waals surface area contributed by atoms with E-state index in [2.05, 4.69) is 17.9 Å². The largest absolute Gasteiger partial charge is 0.480 e. The normalized spacial score (nSPS) is 16.3. The first kappa shape index (κ1) is 9.74. The third-order valence-corrected chi connectivity index (χ3v) is 1.07. The van der Waals surface area contributed by atoms with Crippen molar-refractivity contribution in [3.05, 3.63) is 0 Å². The fraction of sp³-hybridized carbons (Fsp3) is 0.800. The molecule has 0 saturated heterocycles. The lowest BCUT2D eigenvalue weighted by atomic mass is 10.3. The predicted molar refractivity (Wildman–Crippen MR) is 40.1 cm³/mol. The predicted octanol–water partition coefficient (Wildman–Crippen LogP) is -0.703. The Morgan fingerprint density at radius 2 is 2.30 bits per heavy atom. The van der Waals surface area contributed by atoms with E-state index in [0.29, 0.717) is 0 Å². The summed E-state index contributed by atoms with van der Waals surface area (Å²) in [6.07, 6.45) is 0. The Bertz CT molecular complexity index is 117. The van der Waals surface area contributed by atoms with Gasteiger partial charge < -0.3 is 10.2 Å². The third-order valence-electron chi connectivity index (χ3n) is 0.923. The van der Waals surface area contributed by atoms with Crippen molar-refractivity contribution in [2.45, 2.75) is 18.3 Å². The van der Waals surface area contributed by atoms with Crippen LogP contribution in [0.3, 0.4) is 0 Å². The van der Waals surface area contributed by atoms with Crippen LogP contribution in [-0.2, 0) is 4.79 Å². The van der Waals surface area contributed by atoms with E-state index >= 15 is 0 Å². The van der Waals surface area contributed by atoms with E-state index in [1.807, 2.05) is 0 Å². The molecular weight excluding hydrogens is 154 g/mol. The second kappa shape index (κ2) is 4.54. The average molecular weight is 165 g/mol. The van der Waals surface area contributed by atoms with Crippen LogP contribution in [0.1, 0.15) is 6.92 Å². The van der Waals surface area contributed by atoms with Crippen LogP contribution in [-0.4, -0.2) is 34.2 Å². The number of rotatable bonds is 4. The van der Waals surface area contributed by atoms with E-state index < -0.39 is 18.6 Å². The molecule has 0 saturated carbocycles. The summed E-state index contributed by atoms with van der Waals surface area (Å²) < 4.78 is 0. The van der Waals surface area contributed by atoms with Gasteiger partial charge in [0.25, 0.3) is 0 Å². The number of carboxylic acid groups (broad SMARTS) is 1. The molecule has 0 radical (unpaired) electrons. The van der Waals surface area contributed by atoms with Gasteiger partial charge in [-0.05, 0) is 6.92 Å². The zero-order chi connectivity index (χ0) is 8.15. The molecule has 10 heavy (non-hydrogen) atoms. The molecule has 60 valence electrons. The van der Waals surface area contributed by atoms with Crippen LogP contribution in [0.4, 0.5) is 0 Å². The van der Waals surface area contributed by atoms with Gasteiger partial charge in [-0.25, -0.2) is 0 Å². The topological polar surface area (TPSA) is 69.6 Å². The van der Waals surface area contributed by atoms with Crippen LogP contribution in [0.15, 0.2) is 0 Å². The third kappa shape index (κ3) is 3.71. The van der Waals surface area contributed by atoms with E-state index in [-0.39, 0.29) is 5.37 Å². The highest BCUT2D eigenvalue weighted by atomic mass is 32.1. The Hall–Kier alpha value is -0.260. The van der Waals surface area contributed by atoms with Crippen molar-refractivity contribution in [3.63, 3.8) is 0 Å². The lowest BCUT2D eigenvalue weighted by molar-refractivity contribution is -0.140. The minimum atomic E-state index is -1.07. The first-order valence-electron chi connectivity index (χ1n) is 2.85. The molecule has 0 heterocycles. The minimum absolute atomic E-state index is 0.228. The van der Waals surface area contributed by atoms with Gasteiger partial charge >= 0.3 is 5.97 Å². The summed E-state index contributed by atoms with van der Waals surface area (Å²) in [7, 11) is 0. The number of hydrogen-bond donors (Lipinski definition) is 4. The quantitative estimate of drug-likeness (QED) is 0.328. The Morgan fingerprint density at radius 3 is 2.40 bits per heavy atom. The number of nitrogens with one attached hydrogen (secondary N) is 1. The zero-order valence-electron chi connectivity index (χ0n) is 5.61. The van der Waals surface area contributed by atoms with Crippen molar-refractivity contribution in [3.8, 4) is 0 Å². The highest BCUT2D eigenvalue weighted by Gasteiger charge is 2.15. The monoisotopic (exact) mass is 165 g/mol. The van der Waals surface area contributed by atoms with E-state index in [0.717, 1.165) is 0 Å². The summed E-state index contributed by atoms with van der Waals surface area (Å²) in [5.74, 6) is -1.07. The second-order valence-electron chi connectivity index (χ2n) is 1.92. The molecule has 0 aliphatic heterocycles. The van der Waals surface area contributed by atoms with Crippen molar-refractivity contribution in [1.82, 2.24) is 5.32 Å². The van der Waals surface area contributed by atoms with Crippen LogP contribution in [0.25, 0.3) is 0 Å². The zero-order valence-corrected chi connectivity index (χ0v) is 6.51. The van der Waals surface area contributed by atoms with Gasteiger partial charge in [-0.2, -0.15) is 12.6 Å². The summed E-state index contributed by atoms with van der Waals surface area (Å²) in [5, 5.41) is 19.1. The number of carbonyl (C=O) groups is 1. The van der Waals surface area contributed by atoms with Crippen LogP contribution in [0, 0.1) is 0 Å². The van der Waals surface area contributed by atoms with Gasteiger partial charge in [0.05, 0.1) is 6.61 Å². The summed E-state index contributed by atoms with van der Waals surface area (Å²) in [5.41, 5.74) is 0. The van der Waals surface area contributed by atoms with Crippen molar-refractivity contribution in [1.29, 1.82) is 0 Å². The van der Waals surface area contributed by atoms with Gasteiger partial charge in [-0.3, -0.25) is 10.1 Å². The molecule has 2 atom stereocenters. The molecule has 1 unspecified atom stereocenters. The van der Waals surface area contributed by atoms with Crippen molar-refractivity contribution in [2.24, 2.45) is 0 Å². The van der Waals surface area contributed by atoms with Crippen molar-refractivity contribution < 1.29 is 15.0 Å². The summed E-state index contributed by atoms with van der Waals surface area (Å²) in [4.78, 5) is 10.2. The van der Waals surface area contributed by atoms with Crippen LogP contribution >= 0.6 is 12.6 Å². The fourth-order valence-electron chi connectivity index (χ4n) is 0.493. The van der Waals surface area contributed by atoms with E-state index in [9.17, 15) is 4.79 Å². The number of aliphatic carboxylic acids is 1. The maximum absolute atomic E-state index is 10.2. The van der Waals surface area contributed by atoms with E-state index in [1.54, 1.807) is 6.92 Å². The number of thiol groups is 1. The standard InChI is InChI=1S/C5H11NO3S/c1-3(10)6-4(2-7)5(8)9/h3-4,6-7,10H,2H2,1H3,(H,8,9)/t3?,4-/m1/s1. The molecule has 0 amide bonds. The molecule has 4 nitrogen and oxygen atoms in total. The summed E-state index contributed by atoms with van der Waals surface area (Å²) in [6.45, 7) is 1.27. The van der Waals surface area contributed by atoms with Gasteiger partial charge in [0.1, 0.15) is 6.04 Å². The van der Waals surface area contributed by atoms with Crippen LogP contribution < -0.4 is 5.32 Å². The first-order valence-corrected chi connectivity index (χ1v) is 3.37. The second-order valence-corrected chi connectivity index (χ2v) is 2.69. The van der Waals surface area contributed by atoms with E-state index in [1.165, 1.54) is 0 Å². The summed E-state index contributed by atoms with van der Waals surface area (Å²) >= 11 is 3.90. The lowest BCUT2D eigenvalue weighted by Crippen LogP contribution is -2.42. The molecule has 0 aromatic heterocycles. The lowest BCUT2D eigenvalue weighted by Gasteiger charge is -2.13. The molecular formula is C5H11NO3S. The van der Waals surface area contributed by atoms with Gasteiger partial charge in [-0.15, -0.1) is 0 Å². The molecule has 0 spiro atoms. The molecule has 0 fully saturated rings. The number of aliphatic hydroxyl groups is 1. The molecule has 5 heteroatoms. The number of aliphatic hydroxyl groups excluding tert-OH is 1. The Balaban J connectivity index is 3.72. The number of hydrogen-bond acceptors (Lipinski definition) is 4. The molecule has 0 aliphatic carbocycles. The van der Waals surface area contributed by atoms with Gasteiger partial charge in [0.2, 0.25) is 0 Å². The van der Waals surface area contributed by atoms with Gasteiger partial charge in [0.15, 0.2) is 0 Å². The molecule has 0 aromatic carbocycles. The van der Waals surface area contributed by atoms with E-state index in [4.69, 9.17) is 10.2 Å². The fourth-order valence-corrected chi connectivity index (χ4v) is 0.673. The first-order chi connectivity index (χ1) is 4.57.